The van der Waals surface area contributed by atoms with E-state index in [2.05, 4.69) is 114 Å². The SMILES string of the molecule is Cc1ccc2c(c1)c1c(n2-c2cnccc2-c2cc(-c3nc(-c4ccccc4)nc(-c4ccccc4)n3)cc(C#N)c2-n2c3ccccc3c3cc(C)ccc32)C=CCC1. The van der Waals surface area contributed by atoms with Gasteiger partial charge in [0.2, 0.25) is 0 Å². The quantitative estimate of drug-likeness (QED) is 0.168. The highest BCUT2D eigenvalue weighted by Gasteiger charge is 2.26. The second-order valence-electron chi connectivity index (χ2n) is 15.5. The fourth-order valence-corrected chi connectivity index (χ4v) is 8.96. The summed E-state index contributed by atoms with van der Waals surface area (Å²) < 4.78 is 4.61. The summed E-state index contributed by atoms with van der Waals surface area (Å²) in [7, 11) is 0. The molecule has 0 amide bonds. The number of para-hydroxylation sites is 1. The van der Waals surface area contributed by atoms with Crippen LogP contribution in [0.1, 0.15) is 34.4 Å². The summed E-state index contributed by atoms with van der Waals surface area (Å²) >= 11 is 0. The highest BCUT2D eigenvalue weighted by molar-refractivity contribution is 6.10. The van der Waals surface area contributed by atoms with Crippen molar-refractivity contribution in [1.82, 2.24) is 29.1 Å². The molecule has 284 valence electrons. The first-order chi connectivity index (χ1) is 29.5. The molecule has 1 aliphatic carbocycles. The lowest BCUT2D eigenvalue weighted by Crippen LogP contribution is -2.07. The Bertz CT molecular complexity index is 3350. The molecule has 0 spiro atoms. The molecule has 4 aromatic heterocycles. The van der Waals surface area contributed by atoms with Gasteiger partial charge in [-0.3, -0.25) is 4.98 Å². The van der Waals surface area contributed by atoms with Gasteiger partial charge in [-0.2, -0.15) is 5.26 Å². The zero-order chi connectivity index (χ0) is 40.3. The number of aryl methyl sites for hydroxylation is 3. The largest absolute Gasteiger partial charge is 0.307 e. The van der Waals surface area contributed by atoms with E-state index in [4.69, 9.17) is 19.9 Å². The zero-order valence-corrected chi connectivity index (χ0v) is 33.1. The van der Waals surface area contributed by atoms with Gasteiger partial charge in [0.1, 0.15) is 6.07 Å². The maximum absolute atomic E-state index is 11.3. The third kappa shape index (κ3) is 5.72. The minimum Gasteiger partial charge on any atom is -0.307 e. The summed E-state index contributed by atoms with van der Waals surface area (Å²) in [5.41, 5.74) is 14.5. The van der Waals surface area contributed by atoms with Crippen molar-refractivity contribution in [3.63, 3.8) is 0 Å². The second kappa shape index (κ2) is 14.2. The van der Waals surface area contributed by atoms with Crippen LogP contribution in [0.2, 0.25) is 0 Å². The standard InChI is InChI=1S/C53H37N7/c1-33-21-23-47-42(27-33)39-17-9-11-19-45(39)59(47)49-32-55-26-25-41(49)44-30-37(53-57-51(35-13-5-3-6-14-35)56-52(58-53)36-15-7-4-8-16-36)29-38(31-54)50(44)60-46-20-12-10-18-40(46)43-28-34(2)22-24-48(43)60/h3-8,10-16,18-30,32H,9,17H2,1-2H3. The Kier molecular flexibility index (Phi) is 8.31. The molecule has 0 N–H and O–H groups in total. The Morgan fingerprint density at radius 1 is 0.567 bits per heavy atom. The minimum absolute atomic E-state index is 0.475. The number of allylic oxidation sites excluding steroid dienone is 1. The third-order valence-corrected chi connectivity index (χ3v) is 11.7. The number of pyridine rings is 1. The van der Waals surface area contributed by atoms with Crippen LogP contribution >= 0.6 is 0 Å². The van der Waals surface area contributed by atoms with Crippen molar-refractivity contribution in [3.8, 4) is 62.7 Å². The molecular formula is C53H37N7. The van der Waals surface area contributed by atoms with Gasteiger partial charge >= 0.3 is 0 Å². The van der Waals surface area contributed by atoms with Gasteiger partial charge in [0.25, 0.3) is 0 Å². The lowest BCUT2D eigenvalue weighted by Gasteiger charge is -2.21. The summed E-state index contributed by atoms with van der Waals surface area (Å²) in [5.74, 6) is 1.58. The van der Waals surface area contributed by atoms with Crippen LogP contribution in [-0.4, -0.2) is 29.1 Å². The molecule has 0 atom stereocenters. The van der Waals surface area contributed by atoms with Gasteiger partial charge in [0.15, 0.2) is 17.5 Å². The van der Waals surface area contributed by atoms with Gasteiger partial charge in [-0.05, 0) is 86.9 Å². The van der Waals surface area contributed by atoms with Crippen molar-refractivity contribution >= 4 is 38.8 Å². The molecule has 0 fully saturated rings. The molecule has 7 heteroatoms. The van der Waals surface area contributed by atoms with Crippen molar-refractivity contribution in [2.75, 3.05) is 0 Å². The summed E-state index contributed by atoms with van der Waals surface area (Å²) in [6, 6.07) is 50.5. The van der Waals surface area contributed by atoms with Gasteiger partial charge in [-0.1, -0.05) is 108 Å². The summed E-state index contributed by atoms with van der Waals surface area (Å²) in [5, 5.41) is 14.8. The van der Waals surface area contributed by atoms with E-state index in [0.29, 0.717) is 28.6 Å². The molecule has 0 saturated carbocycles. The van der Waals surface area contributed by atoms with Crippen LogP contribution in [0.15, 0.2) is 158 Å². The zero-order valence-electron chi connectivity index (χ0n) is 33.1. The molecular weight excluding hydrogens is 735 g/mol. The Morgan fingerprint density at radius 2 is 1.18 bits per heavy atom. The van der Waals surface area contributed by atoms with Crippen LogP contribution in [-0.2, 0) is 6.42 Å². The van der Waals surface area contributed by atoms with Gasteiger partial charge in [0.05, 0.1) is 39.7 Å². The van der Waals surface area contributed by atoms with Crippen LogP contribution in [0.3, 0.4) is 0 Å². The van der Waals surface area contributed by atoms with Crippen LogP contribution in [0, 0.1) is 25.2 Å². The van der Waals surface area contributed by atoms with E-state index in [1.165, 1.54) is 22.1 Å². The fraction of sp³-hybridized carbons (Fsp3) is 0.0755. The lowest BCUT2D eigenvalue weighted by atomic mass is 9.95. The minimum atomic E-state index is 0.475. The Morgan fingerprint density at radius 3 is 1.88 bits per heavy atom. The number of hydrogen-bond acceptors (Lipinski definition) is 5. The molecule has 0 aliphatic heterocycles. The lowest BCUT2D eigenvalue weighted by molar-refractivity contribution is 0.965. The number of aromatic nitrogens is 6. The third-order valence-electron chi connectivity index (χ3n) is 11.7. The van der Waals surface area contributed by atoms with Crippen molar-refractivity contribution < 1.29 is 0 Å². The van der Waals surface area contributed by atoms with E-state index in [9.17, 15) is 5.26 Å². The molecule has 60 heavy (non-hydrogen) atoms. The number of hydrogen-bond donors (Lipinski definition) is 0. The molecule has 0 unspecified atom stereocenters. The van der Waals surface area contributed by atoms with E-state index < -0.39 is 0 Å². The fourth-order valence-electron chi connectivity index (χ4n) is 8.96. The van der Waals surface area contributed by atoms with Gasteiger partial charge in [-0.15, -0.1) is 0 Å². The highest BCUT2D eigenvalue weighted by atomic mass is 15.0. The maximum Gasteiger partial charge on any atom is 0.164 e. The van der Waals surface area contributed by atoms with E-state index in [0.717, 1.165) is 79.5 Å². The number of rotatable bonds is 6. The number of benzene rings is 6. The Labute approximate surface area is 347 Å². The molecule has 11 rings (SSSR count). The second-order valence-corrected chi connectivity index (χ2v) is 15.5. The summed E-state index contributed by atoms with van der Waals surface area (Å²) in [4.78, 5) is 20.0. The van der Waals surface area contributed by atoms with E-state index in [1.807, 2.05) is 79.1 Å². The van der Waals surface area contributed by atoms with Gasteiger partial charge in [0, 0.05) is 55.9 Å². The molecule has 4 heterocycles. The average Bonchev–Trinajstić information content (AvgIpc) is 3.80. The van der Waals surface area contributed by atoms with Crippen LogP contribution in [0.4, 0.5) is 0 Å². The topological polar surface area (TPSA) is 85.2 Å². The van der Waals surface area contributed by atoms with E-state index in [1.54, 1.807) is 0 Å². The molecule has 0 saturated heterocycles. The Hall–Kier alpha value is -7.95. The average molecular weight is 772 g/mol. The molecule has 6 aromatic carbocycles. The predicted molar refractivity (Wildman–Crippen MR) is 242 cm³/mol. The normalized spacial score (nSPS) is 12.3. The molecule has 0 bridgehead atoms. The van der Waals surface area contributed by atoms with Gasteiger partial charge < -0.3 is 9.13 Å². The molecule has 7 nitrogen and oxygen atoms in total. The maximum atomic E-state index is 11.3. The van der Waals surface area contributed by atoms with Crippen molar-refractivity contribution in [3.05, 3.63) is 186 Å². The molecule has 1 aliphatic rings. The predicted octanol–water partition coefficient (Wildman–Crippen LogP) is 12.4. The number of nitrogens with zero attached hydrogens (tertiary/aromatic N) is 7. The first-order valence-corrected chi connectivity index (χ1v) is 20.2. The van der Waals surface area contributed by atoms with E-state index >= 15 is 0 Å². The first-order valence-electron chi connectivity index (χ1n) is 20.2. The van der Waals surface area contributed by atoms with Crippen LogP contribution < -0.4 is 0 Å². The van der Waals surface area contributed by atoms with Crippen molar-refractivity contribution in [2.45, 2.75) is 26.7 Å². The van der Waals surface area contributed by atoms with Crippen molar-refractivity contribution in [2.24, 2.45) is 0 Å². The number of fused-ring (bicyclic) bond motifs is 6. The highest BCUT2D eigenvalue weighted by Crippen LogP contribution is 2.44. The molecule has 10 aromatic rings. The van der Waals surface area contributed by atoms with Crippen LogP contribution in [0.25, 0.3) is 95.5 Å². The molecule has 0 radical (unpaired) electrons. The van der Waals surface area contributed by atoms with Crippen LogP contribution in [0.5, 0.6) is 0 Å². The van der Waals surface area contributed by atoms with Crippen molar-refractivity contribution in [1.29, 1.82) is 5.26 Å². The summed E-state index contributed by atoms with van der Waals surface area (Å²) in [6.45, 7) is 4.27. The summed E-state index contributed by atoms with van der Waals surface area (Å²) in [6.07, 6.45) is 10.3. The van der Waals surface area contributed by atoms with Gasteiger partial charge in [-0.25, -0.2) is 15.0 Å². The first kappa shape index (κ1) is 35.2. The Balaban J connectivity index is 1.26. The van der Waals surface area contributed by atoms with E-state index in [-0.39, 0.29) is 0 Å². The number of nitriles is 1. The smallest absolute Gasteiger partial charge is 0.164 e. The monoisotopic (exact) mass is 771 g/mol.